The molecule has 0 unspecified atom stereocenters. The molecule has 0 aliphatic heterocycles. The topological polar surface area (TPSA) is 57.7 Å². The van der Waals surface area contributed by atoms with E-state index in [4.69, 9.17) is 19.2 Å². The summed E-state index contributed by atoms with van der Waals surface area (Å²) >= 11 is 0. The van der Waals surface area contributed by atoms with Crippen molar-refractivity contribution in [1.82, 2.24) is 4.98 Å². The summed E-state index contributed by atoms with van der Waals surface area (Å²) in [6.07, 6.45) is 7.17. The molecule has 6 heteroatoms. The molecule has 5 nitrogen and oxygen atoms in total. The molecule has 2 fully saturated rings. The predicted octanol–water partition coefficient (Wildman–Crippen LogP) is 5.96. The van der Waals surface area contributed by atoms with Gasteiger partial charge < -0.3 is 14.2 Å². The standard InChI is InChI=1S/C27H34FNO4/c1-3-32-27(30)15-13-25-22(19-8-9-19)11-14-26(29-25)33-17-18-4-6-20(7-5-18)23-16-21(31-2)10-12-24(23)28/h10-12,14,16,18-20H,3-9,13,15,17H2,1-2H3/t18-,20-. The highest BCUT2D eigenvalue weighted by atomic mass is 19.1. The number of aryl methyl sites for hydroxylation is 1. The monoisotopic (exact) mass is 455 g/mol. The van der Waals surface area contributed by atoms with Crippen LogP contribution < -0.4 is 9.47 Å². The van der Waals surface area contributed by atoms with Gasteiger partial charge in [-0.2, -0.15) is 0 Å². The lowest BCUT2D eigenvalue weighted by Gasteiger charge is -2.29. The van der Waals surface area contributed by atoms with E-state index < -0.39 is 0 Å². The molecule has 1 aromatic carbocycles. The number of pyridine rings is 1. The zero-order valence-corrected chi connectivity index (χ0v) is 19.6. The van der Waals surface area contributed by atoms with Crippen molar-refractivity contribution in [3.8, 4) is 11.6 Å². The van der Waals surface area contributed by atoms with E-state index in [9.17, 15) is 9.18 Å². The fraction of sp³-hybridized carbons (Fsp3) is 0.556. The first-order chi connectivity index (χ1) is 16.1. The van der Waals surface area contributed by atoms with Crippen molar-refractivity contribution in [3.05, 3.63) is 53.0 Å². The number of aromatic nitrogens is 1. The first-order valence-electron chi connectivity index (χ1n) is 12.2. The molecule has 2 aromatic rings. The molecule has 33 heavy (non-hydrogen) atoms. The highest BCUT2D eigenvalue weighted by molar-refractivity contribution is 5.69. The average Bonchev–Trinajstić information content (AvgIpc) is 3.68. The maximum Gasteiger partial charge on any atom is 0.306 e. The summed E-state index contributed by atoms with van der Waals surface area (Å²) < 4.78 is 30.7. The van der Waals surface area contributed by atoms with Crippen molar-refractivity contribution in [2.75, 3.05) is 20.3 Å². The second-order valence-electron chi connectivity index (χ2n) is 9.18. The number of esters is 1. The van der Waals surface area contributed by atoms with Crippen molar-refractivity contribution < 1.29 is 23.4 Å². The van der Waals surface area contributed by atoms with E-state index in [2.05, 4.69) is 6.07 Å². The summed E-state index contributed by atoms with van der Waals surface area (Å²) in [7, 11) is 1.61. The van der Waals surface area contributed by atoms with Crippen molar-refractivity contribution in [3.63, 3.8) is 0 Å². The summed E-state index contributed by atoms with van der Waals surface area (Å²) in [4.78, 5) is 16.6. The van der Waals surface area contributed by atoms with Crippen LogP contribution in [0.4, 0.5) is 4.39 Å². The third-order valence-electron chi connectivity index (χ3n) is 6.83. The van der Waals surface area contributed by atoms with Gasteiger partial charge in [-0.1, -0.05) is 6.07 Å². The number of methoxy groups -OCH3 is 1. The highest BCUT2D eigenvalue weighted by Gasteiger charge is 2.28. The molecule has 1 aromatic heterocycles. The molecule has 2 aliphatic rings. The first-order valence-corrected chi connectivity index (χ1v) is 12.2. The van der Waals surface area contributed by atoms with E-state index >= 15 is 0 Å². The average molecular weight is 456 g/mol. The van der Waals surface area contributed by atoms with Gasteiger partial charge in [0.25, 0.3) is 0 Å². The number of hydrogen-bond acceptors (Lipinski definition) is 5. The van der Waals surface area contributed by atoms with Crippen molar-refractivity contribution >= 4 is 5.97 Å². The number of nitrogens with zero attached hydrogens (tertiary/aromatic N) is 1. The van der Waals surface area contributed by atoms with Gasteiger partial charge in [0.05, 0.1) is 26.7 Å². The molecular weight excluding hydrogens is 421 g/mol. The zero-order valence-electron chi connectivity index (χ0n) is 19.6. The number of benzene rings is 1. The summed E-state index contributed by atoms with van der Waals surface area (Å²) in [5.74, 6) is 2.22. The highest BCUT2D eigenvalue weighted by Crippen LogP contribution is 2.42. The first kappa shape index (κ1) is 23.5. The molecule has 2 aliphatic carbocycles. The minimum atomic E-state index is -0.184. The van der Waals surface area contributed by atoms with Crippen LogP contribution in [0, 0.1) is 11.7 Å². The Kier molecular flexibility index (Phi) is 7.84. The Labute approximate surface area is 195 Å². The number of rotatable bonds is 10. The van der Waals surface area contributed by atoms with Gasteiger partial charge in [0, 0.05) is 18.2 Å². The predicted molar refractivity (Wildman–Crippen MR) is 124 cm³/mol. The van der Waals surface area contributed by atoms with E-state index in [1.54, 1.807) is 13.2 Å². The van der Waals surface area contributed by atoms with Crippen LogP contribution in [0.15, 0.2) is 30.3 Å². The lowest BCUT2D eigenvalue weighted by Crippen LogP contribution is -2.20. The smallest absolute Gasteiger partial charge is 0.306 e. The lowest BCUT2D eigenvalue weighted by molar-refractivity contribution is -0.143. The lowest BCUT2D eigenvalue weighted by atomic mass is 9.79. The molecule has 0 saturated heterocycles. The zero-order chi connectivity index (χ0) is 23.2. The van der Waals surface area contributed by atoms with Crippen molar-refractivity contribution in [2.24, 2.45) is 5.92 Å². The molecule has 0 amide bonds. The molecule has 0 radical (unpaired) electrons. The molecular formula is C27H34FNO4. The van der Waals surface area contributed by atoms with Crippen LogP contribution in [0.25, 0.3) is 0 Å². The van der Waals surface area contributed by atoms with E-state index in [1.165, 1.54) is 24.5 Å². The Morgan fingerprint density at radius 3 is 2.45 bits per heavy atom. The maximum atomic E-state index is 14.3. The Balaban J connectivity index is 1.31. The fourth-order valence-electron chi connectivity index (χ4n) is 4.80. The summed E-state index contributed by atoms with van der Waals surface area (Å²) in [5.41, 5.74) is 2.96. The number of carbonyl (C=O) groups is 1. The minimum absolute atomic E-state index is 0.147. The third kappa shape index (κ3) is 6.24. The Bertz CT molecular complexity index is 951. The second kappa shape index (κ2) is 11.0. The van der Waals surface area contributed by atoms with Crippen LogP contribution in [0.3, 0.4) is 0 Å². The molecule has 1 heterocycles. The molecule has 0 N–H and O–H groups in total. The summed E-state index contributed by atoms with van der Waals surface area (Å²) in [6.45, 7) is 2.83. The van der Waals surface area contributed by atoms with Gasteiger partial charge >= 0.3 is 5.97 Å². The fourth-order valence-corrected chi connectivity index (χ4v) is 4.80. The number of ether oxygens (including phenoxy) is 3. The molecule has 4 rings (SSSR count). The van der Waals surface area contributed by atoms with Crippen LogP contribution in [0.1, 0.15) is 80.5 Å². The van der Waals surface area contributed by atoms with Crippen molar-refractivity contribution in [1.29, 1.82) is 0 Å². The maximum absolute atomic E-state index is 14.3. The van der Waals surface area contributed by atoms with Crippen LogP contribution in [0.5, 0.6) is 11.6 Å². The summed E-state index contributed by atoms with van der Waals surface area (Å²) in [5, 5.41) is 0. The van der Waals surface area contributed by atoms with Crippen LogP contribution >= 0.6 is 0 Å². The van der Waals surface area contributed by atoms with E-state index in [0.29, 0.717) is 49.5 Å². The second-order valence-corrected chi connectivity index (χ2v) is 9.18. The van der Waals surface area contributed by atoms with E-state index in [-0.39, 0.29) is 17.7 Å². The van der Waals surface area contributed by atoms with Crippen LogP contribution in [-0.4, -0.2) is 31.3 Å². The Morgan fingerprint density at radius 2 is 1.76 bits per heavy atom. The van der Waals surface area contributed by atoms with E-state index in [0.717, 1.165) is 36.9 Å². The Morgan fingerprint density at radius 1 is 1.03 bits per heavy atom. The normalized spacial score (nSPS) is 20.3. The van der Waals surface area contributed by atoms with Crippen LogP contribution in [0.2, 0.25) is 0 Å². The molecule has 0 bridgehead atoms. The van der Waals surface area contributed by atoms with Gasteiger partial charge in [-0.15, -0.1) is 0 Å². The number of hydrogen-bond donors (Lipinski definition) is 0. The van der Waals surface area contributed by atoms with Gasteiger partial charge in [0.15, 0.2) is 0 Å². The van der Waals surface area contributed by atoms with Gasteiger partial charge in [0.1, 0.15) is 11.6 Å². The molecule has 178 valence electrons. The molecule has 0 spiro atoms. The molecule has 2 saturated carbocycles. The van der Waals surface area contributed by atoms with Gasteiger partial charge in [-0.3, -0.25) is 4.79 Å². The van der Waals surface area contributed by atoms with Crippen molar-refractivity contribution in [2.45, 2.75) is 70.1 Å². The van der Waals surface area contributed by atoms with Crippen LogP contribution in [-0.2, 0) is 16.0 Å². The van der Waals surface area contributed by atoms with Gasteiger partial charge in [0.2, 0.25) is 5.88 Å². The minimum Gasteiger partial charge on any atom is -0.497 e. The Hall–Kier alpha value is -2.63. The van der Waals surface area contributed by atoms with Gasteiger partial charge in [-0.25, -0.2) is 9.37 Å². The number of halogens is 1. The molecule has 0 atom stereocenters. The number of carbonyl (C=O) groups excluding carboxylic acids is 1. The quantitative estimate of drug-likeness (QED) is 0.414. The van der Waals surface area contributed by atoms with E-state index in [1.807, 2.05) is 19.1 Å². The summed E-state index contributed by atoms with van der Waals surface area (Å²) in [6, 6.07) is 9.07. The SMILES string of the molecule is CCOC(=O)CCc1nc(OC[C@H]2CC[C@H](c3cc(OC)ccc3F)CC2)ccc1C1CC1. The largest absolute Gasteiger partial charge is 0.497 e. The van der Waals surface area contributed by atoms with Gasteiger partial charge in [-0.05, 0) is 92.5 Å². The third-order valence-corrected chi connectivity index (χ3v) is 6.83.